The van der Waals surface area contributed by atoms with Crippen LogP contribution in [-0.2, 0) is 35.3 Å². The molecule has 5 nitrogen and oxygen atoms in total. The Morgan fingerprint density at radius 2 is 1.74 bits per heavy atom. The number of methoxy groups -OCH3 is 1. The SMILES string of the molecule is CCc1cccc(C)c1N(C(=O)Cn1c(CCc2ccccc2)nc2ccccc21)C(C)COC. The van der Waals surface area contributed by atoms with Crippen LogP contribution in [0.25, 0.3) is 11.0 Å². The molecule has 35 heavy (non-hydrogen) atoms. The van der Waals surface area contributed by atoms with Crippen molar-refractivity contribution in [3.8, 4) is 0 Å². The number of fused-ring (bicyclic) bond motifs is 1. The van der Waals surface area contributed by atoms with E-state index in [-0.39, 0.29) is 18.5 Å². The smallest absolute Gasteiger partial charge is 0.247 e. The Labute approximate surface area is 208 Å². The van der Waals surface area contributed by atoms with Crippen LogP contribution < -0.4 is 4.90 Å². The molecule has 0 bridgehead atoms. The highest BCUT2D eigenvalue weighted by atomic mass is 16.5. The largest absolute Gasteiger partial charge is 0.383 e. The first-order valence-electron chi connectivity index (χ1n) is 12.4. The fraction of sp³-hybridized carbons (Fsp3) is 0.333. The fourth-order valence-electron chi connectivity index (χ4n) is 4.86. The molecule has 0 saturated heterocycles. The van der Waals surface area contributed by atoms with Gasteiger partial charge < -0.3 is 14.2 Å². The maximum absolute atomic E-state index is 14.0. The van der Waals surface area contributed by atoms with E-state index in [1.807, 2.05) is 29.2 Å². The second-order valence-corrected chi connectivity index (χ2v) is 9.09. The van der Waals surface area contributed by atoms with Crippen molar-refractivity contribution in [2.45, 2.75) is 52.6 Å². The summed E-state index contributed by atoms with van der Waals surface area (Å²) >= 11 is 0. The van der Waals surface area contributed by atoms with Crippen molar-refractivity contribution in [3.05, 3.63) is 95.3 Å². The topological polar surface area (TPSA) is 47.4 Å². The maximum Gasteiger partial charge on any atom is 0.247 e. The summed E-state index contributed by atoms with van der Waals surface area (Å²) in [5.74, 6) is 0.978. The summed E-state index contributed by atoms with van der Waals surface area (Å²) in [5, 5.41) is 0. The Hall–Kier alpha value is -3.44. The van der Waals surface area contributed by atoms with Crippen LogP contribution in [0.3, 0.4) is 0 Å². The van der Waals surface area contributed by atoms with E-state index in [0.717, 1.165) is 47.4 Å². The summed E-state index contributed by atoms with van der Waals surface area (Å²) in [6, 6.07) is 24.6. The molecule has 0 saturated carbocycles. The number of amides is 1. The first-order chi connectivity index (χ1) is 17.0. The number of imidazole rings is 1. The van der Waals surface area contributed by atoms with Crippen molar-refractivity contribution >= 4 is 22.6 Å². The average molecular weight is 470 g/mol. The maximum atomic E-state index is 14.0. The van der Waals surface area contributed by atoms with E-state index in [1.165, 1.54) is 11.1 Å². The number of hydrogen-bond acceptors (Lipinski definition) is 3. The van der Waals surface area contributed by atoms with Gasteiger partial charge in [0.05, 0.1) is 29.4 Å². The molecule has 0 N–H and O–H groups in total. The highest BCUT2D eigenvalue weighted by Gasteiger charge is 2.27. The number of anilines is 1. The Morgan fingerprint density at radius 3 is 2.49 bits per heavy atom. The van der Waals surface area contributed by atoms with Gasteiger partial charge in [-0.3, -0.25) is 4.79 Å². The van der Waals surface area contributed by atoms with Crippen LogP contribution in [0.1, 0.15) is 36.4 Å². The van der Waals surface area contributed by atoms with Crippen LogP contribution in [0.4, 0.5) is 5.69 Å². The van der Waals surface area contributed by atoms with Gasteiger partial charge in [-0.25, -0.2) is 4.98 Å². The monoisotopic (exact) mass is 469 g/mol. The van der Waals surface area contributed by atoms with Gasteiger partial charge >= 0.3 is 0 Å². The minimum absolute atomic E-state index is 0.0441. The molecule has 3 aromatic carbocycles. The quantitative estimate of drug-likeness (QED) is 0.297. The number of ether oxygens (including phenoxy) is 1. The van der Waals surface area contributed by atoms with Crippen molar-refractivity contribution in [1.29, 1.82) is 0 Å². The third-order valence-corrected chi connectivity index (χ3v) is 6.57. The number of carbonyl (C=O) groups excluding carboxylic acids is 1. The number of carbonyl (C=O) groups is 1. The molecule has 4 rings (SSSR count). The minimum Gasteiger partial charge on any atom is -0.383 e. The molecular formula is C30H35N3O2. The summed E-state index contributed by atoms with van der Waals surface area (Å²) in [7, 11) is 1.68. The van der Waals surface area contributed by atoms with Crippen LogP contribution in [0.2, 0.25) is 0 Å². The molecule has 0 fully saturated rings. The van der Waals surface area contributed by atoms with Gasteiger partial charge in [-0.1, -0.05) is 67.6 Å². The molecule has 1 aromatic heterocycles. The minimum atomic E-state index is -0.0959. The van der Waals surface area contributed by atoms with Gasteiger partial charge in [-0.05, 0) is 55.5 Å². The van der Waals surface area contributed by atoms with Crippen molar-refractivity contribution < 1.29 is 9.53 Å². The lowest BCUT2D eigenvalue weighted by Gasteiger charge is -2.32. The van der Waals surface area contributed by atoms with Crippen LogP contribution in [0, 0.1) is 6.92 Å². The zero-order valence-electron chi connectivity index (χ0n) is 21.2. The summed E-state index contributed by atoms with van der Waals surface area (Å²) in [4.78, 5) is 20.9. The highest BCUT2D eigenvalue weighted by molar-refractivity contribution is 5.96. The molecule has 1 heterocycles. The van der Waals surface area contributed by atoms with Crippen molar-refractivity contribution in [1.82, 2.24) is 9.55 Å². The molecule has 5 heteroatoms. The lowest BCUT2D eigenvalue weighted by molar-refractivity contribution is -0.119. The number of rotatable bonds is 10. The summed E-state index contributed by atoms with van der Waals surface area (Å²) in [6.07, 6.45) is 2.50. The Bertz CT molecular complexity index is 1280. The van der Waals surface area contributed by atoms with Crippen molar-refractivity contribution in [3.63, 3.8) is 0 Å². The number of hydrogen-bond donors (Lipinski definition) is 0. The van der Waals surface area contributed by atoms with Gasteiger partial charge in [0.15, 0.2) is 0 Å². The van der Waals surface area contributed by atoms with E-state index >= 15 is 0 Å². The molecule has 0 radical (unpaired) electrons. The average Bonchev–Trinajstić information content (AvgIpc) is 3.22. The second kappa shape index (κ2) is 11.3. The molecule has 0 aliphatic carbocycles. The van der Waals surface area contributed by atoms with E-state index in [4.69, 9.17) is 9.72 Å². The molecule has 4 aromatic rings. The Morgan fingerprint density at radius 1 is 1.00 bits per heavy atom. The van der Waals surface area contributed by atoms with Gasteiger partial charge in [0, 0.05) is 13.5 Å². The van der Waals surface area contributed by atoms with Gasteiger partial charge in [0.25, 0.3) is 0 Å². The predicted molar refractivity (Wildman–Crippen MR) is 143 cm³/mol. The number of aryl methyl sites for hydroxylation is 4. The number of nitrogens with zero attached hydrogens (tertiary/aromatic N) is 3. The first-order valence-corrected chi connectivity index (χ1v) is 12.4. The molecule has 182 valence electrons. The lowest BCUT2D eigenvalue weighted by atomic mass is 10.0. The molecule has 0 aliphatic rings. The Balaban J connectivity index is 1.71. The van der Waals surface area contributed by atoms with Gasteiger partial charge in [-0.15, -0.1) is 0 Å². The van der Waals surface area contributed by atoms with Gasteiger partial charge in [0.1, 0.15) is 12.4 Å². The zero-order valence-corrected chi connectivity index (χ0v) is 21.2. The standard InChI is InChI=1S/C30H35N3O2/c1-5-25-15-11-12-22(2)30(25)33(23(3)21-35-4)29(34)20-32-27-17-10-9-16-26(27)31-28(32)19-18-24-13-7-6-8-14-24/h6-17,23H,5,18-21H2,1-4H3. The first kappa shape index (κ1) is 24.7. The van der Waals surface area contributed by atoms with E-state index < -0.39 is 0 Å². The van der Waals surface area contributed by atoms with Crippen molar-refractivity contribution in [2.75, 3.05) is 18.6 Å². The summed E-state index contributed by atoms with van der Waals surface area (Å²) < 4.78 is 7.57. The fourth-order valence-corrected chi connectivity index (χ4v) is 4.86. The predicted octanol–water partition coefficient (Wildman–Crippen LogP) is 5.76. The van der Waals surface area contributed by atoms with E-state index in [9.17, 15) is 4.79 Å². The lowest BCUT2D eigenvalue weighted by Crippen LogP contribution is -2.44. The molecule has 0 aliphatic heterocycles. The van der Waals surface area contributed by atoms with E-state index in [0.29, 0.717) is 6.61 Å². The Kier molecular flexibility index (Phi) is 7.98. The number of aromatic nitrogens is 2. The van der Waals surface area contributed by atoms with Crippen molar-refractivity contribution in [2.24, 2.45) is 0 Å². The third kappa shape index (κ3) is 5.46. The zero-order chi connectivity index (χ0) is 24.8. The number of para-hydroxylation sites is 3. The molecule has 1 atom stereocenters. The molecule has 1 unspecified atom stereocenters. The number of benzene rings is 3. The molecule has 0 spiro atoms. The normalized spacial score (nSPS) is 12.1. The van der Waals surface area contributed by atoms with E-state index in [2.05, 4.69) is 73.9 Å². The van der Waals surface area contributed by atoms with Crippen LogP contribution >= 0.6 is 0 Å². The van der Waals surface area contributed by atoms with E-state index in [1.54, 1.807) is 7.11 Å². The van der Waals surface area contributed by atoms with Gasteiger partial charge in [0.2, 0.25) is 5.91 Å². The molecular weight excluding hydrogens is 434 g/mol. The van der Waals surface area contributed by atoms with Crippen LogP contribution in [0.15, 0.2) is 72.8 Å². The third-order valence-electron chi connectivity index (χ3n) is 6.57. The van der Waals surface area contributed by atoms with Gasteiger partial charge in [-0.2, -0.15) is 0 Å². The van der Waals surface area contributed by atoms with Crippen LogP contribution in [0.5, 0.6) is 0 Å². The highest BCUT2D eigenvalue weighted by Crippen LogP contribution is 2.29. The summed E-state index contributed by atoms with van der Waals surface area (Å²) in [6.45, 7) is 6.96. The second-order valence-electron chi connectivity index (χ2n) is 9.09. The summed E-state index contributed by atoms with van der Waals surface area (Å²) in [5.41, 5.74) is 6.44. The van der Waals surface area contributed by atoms with Crippen LogP contribution in [-0.4, -0.2) is 35.2 Å². The molecule has 1 amide bonds.